The highest BCUT2D eigenvalue weighted by Crippen LogP contribution is 2.24. The van der Waals surface area contributed by atoms with E-state index >= 15 is 0 Å². The van der Waals surface area contributed by atoms with Crippen LogP contribution < -0.4 is 5.32 Å². The van der Waals surface area contributed by atoms with Crippen molar-refractivity contribution in [3.05, 3.63) is 17.7 Å². The number of rotatable bonds is 4. The predicted octanol–water partition coefficient (Wildman–Crippen LogP) is 0.712. The molecule has 118 valence electrons. The van der Waals surface area contributed by atoms with E-state index in [0.717, 1.165) is 36.7 Å². The fraction of sp³-hybridized carbons (Fsp3) is 0.615. The first-order valence-electron chi connectivity index (χ1n) is 7.29. The Bertz CT molecular complexity index is 665. The van der Waals surface area contributed by atoms with Crippen molar-refractivity contribution in [2.24, 2.45) is 7.05 Å². The molecule has 8 nitrogen and oxygen atoms in total. The van der Waals surface area contributed by atoms with Crippen molar-refractivity contribution < 1.29 is 4.79 Å². The van der Waals surface area contributed by atoms with Gasteiger partial charge in [-0.1, -0.05) is 18.2 Å². The van der Waals surface area contributed by atoms with Gasteiger partial charge >= 0.3 is 0 Å². The van der Waals surface area contributed by atoms with Crippen LogP contribution in [0.3, 0.4) is 0 Å². The van der Waals surface area contributed by atoms with Gasteiger partial charge in [-0.05, 0) is 29.5 Å². The quantitative estimate of drug-likeness (QED) is 0.834. The third kappa shape index (κ3) is 2.85. The lowest BCUT2D eigenvalue weighted by Gasteiger charge is -2.13. The Morgan fingerprint density at radius 1 is 1.50 bits per heavy atom. The summed E-state index contributed by atoms with van der Waals surface area (Å²) in [4.78, 5) is 16.8. The lowest BCUT2D eigenvalue weighted by Crippen LogP contribution is -2.30. The van der Waals surface area contributed by atoms with Crippen LogP contribution in [-0.4, -0.2) is 41.9 Å². The lowest BCUT2D eigenvalue weighted by molar-refractivity contribution is -0.123. The van der Waals surface area contributed by atoms with E-state index in [1.165, 1.54) is 0 Å². The molecule has 0 unspecified atom stereocenters. The van der Waals surface area contributed by atoms with E-state index in [9.17, 15) is 4.79 Å². The Balaban J connectivity index is 1.68. The normalized spacial score (nSPS) is 17.8. The number of hydrogen-bond acceptors (Lipinski definition) is 6. The fourth-order valence-corrected chi connectivity index (χ4v) is 3.24. The van der Waals surface area contributed by atoms with E-state index in [-0.39, 0.29) is 11.8 Å². The average molecular weight is 321 g/mol. The van der Waals surface area contributed by atoms with Gasteiger partial charge in [0, 0.05) is 13.6 Å². The number of carbonyl (C=O) groups excluding carboxylic acids is 1. The molecular weight excluding hydrogens is 302 g/mol. The molecule has 0 aromatic carbocycles. The largest absolute Gasteiger partial charge is 0.350 e. The summed E-state index contributed by atoms with van der Waals surface area (Å²) in [5.41, 5.74) is 0.978. The van der Waals surface area contributed by atoms with Crippen LogP contribution in [0.25, 0.3) is 0 Å². The number of nitrogens with one attached hydrogen (secondary N) is 1. The molecule has 2 aromatic heterocycles. The number of fused-ring (bicyclic) bond motifs is 1. The number of amides is 1. The van der Waals surface area contributed by atoms with Crippen LogP contribution in [0.4, 0.5) is 0 Å². The van der Waals surface area contributed by atoms with Crippen LogP contribution in [0.15, 0.2) is 11.4 Å². The molecule has 3 heterocycles. The molecule has 9 heteroatoms. The maximum Gasteiger partial charge on any atom is 0.231 e. The summed E-state index contributed by atoms with van der Waals surface area (Å²) >= 11 is 1.58. The third-order valence-corrected chi connectivity index (χ3v) is 4.71. The van der Waals surface area contributed by atoms with Crippen molar-refractivity contribution in [3.8, 4) is 0 Å². The van der Waals surface area contributed by atoms with Gasteiger partial charge in [0.15, 0.2) is 11.0 Å². The highest BCUT2D eigenvalue weighted by atomic mass is 32.2. The number of tetrazole rings is 1. The number of imidazole rings is 1. The number of carbonyl (C=O) groups is 1. The summed E-state index contributed by atoms with van der Waals surface area (Å²) in [6.07, 6.45) is 6.55. The Morgan fingerprint density at radius 3 is 3.14 bits per heavy atom. The maximum absolute atomic E-state index is 12.5. The van der Waals surface area contributed by atoms with E-state index < -0.39 is 0 Å². The van der Waals surface area contributed by atoms with Gasteiger partial charge in [-0.2, -0.15) is 0 Å². The average Bonchev–Trinajstić information content (AvgIpc) is 3.06. The minimum atomic E-state index is -0.272. The first kappa shape index (κ1) is 15.0. The first-order chi connectivity index (χ1) is 10.7. The van der Waals surface area contributed by atoms with Crippen molar-refractivity contribution in [1.29, 1.82) is 0 Å². The Kier molecular flexibility index (Phi) is 4.41. The topological polar surface area (TPSA) is 90.5 Å². The summed E-state index contributed by atoms with van der Waals surface area (Å²) in [5, 5.41) is 15.6. The SMILES string of the molecule is CSc1ncc(CNC(=O)[C@H]2CCCCn3nnnc32)n1C. The molecule has 0 saturated carbocycles. The molecule has 3 rings (SSSR count). The molecule has 0 fully saturated rings. The predicted molar refractivity (Wildman–Crippen MR) is 81.2 cm³/mol. The number of aryl methyl sites for hydroxylation is 1. The van der Waals surface area contributed by atoms with E-state index in [4.69, 9.17) is 0 Å². The van der Waals surface area contributed by atoms with Crippen molar-refractivity contribution >= 4 is 17.7 Å². The van der Waals surface area contributed by atoms with Gasteiger partial charge < -0.3 is 9.88 Å². The van der Waals surface area contributed by atoms with Gasteiger partial charge in [0.1, 0.15) is 0 Å². The Morgan fingerprint density at radius 2 is 2.36 bits per heavy atom. The van der Waals surface area contributed by atoms with Gasteiger partial charge in [0.25, 0.3) is 0 Å². The van der Waals surface area contributed by atoms with Gasteiger partial charge in [-0.3, -0.25) is 4.79 Å². The molecule has 0 spiro atoms. The zero-order chi connectivity index (χ0) is 15.5. The minimum Gasteiger partial charge on any atom is -0.350 e. The van der Waals surface area contributed by atoms with Gasteiger partial charge in [-0.15, -0.1) is 5.10 Å². The van der Waals surface area contributed by atoms with Crippen LogP contribution >= 0.6 is 11.8 Å². The van der Waals surface area contributed by atoms with Crippen LogP contribution in [-0.2, 0) is 24.9 Å². The Hall–Kier alpha value is -1.90. The summed E-state index contributed by atoms with van der Waals surface area (Å²) in [6, 6.07) is 0. The van der Waals surface area contributed by atoms with Crippen LogP contribution in [0.1, 0.15) is 36.7 Å². The highest BCUT2D eigenvalue weighted by Gasteiger charge is 2.28. The Labute approximate surface area is 132 Å². The number of thioether (sulfide) groups is 1. The molecule has 2 aromatic rings. The molecule has 0 radical (unpaired) electrons. The first-order valence-corrected chi connectivity index (χ1v) is 8.51. The van der Waals surface area contributed by atoms with Crippen LogP contribution in [0.2, 0.25) is 0 Å². The van der Waals surface area contributed by atoms with Gasteiger partial charge in [0.05, 0.1) is 24.4 Å². The van der Waals surface area contributed by atoms with E-state index in [1.807, 2.05) is 17.9 Å². The number of aromatic nitrogens is 6. The fourth-order valence-electron chi connectivity index (χ4n) is 2.69. The molecule has 1 atom stereocenters. The third-order valence-electron chi connectivity index (χ3n) is 3.97. The molecule has 1 aliphatic rings. The zero-order valence-electron chi connectivity index (χ0n) is 12.7. The number of hydrogen-bond donors (Lipinski definition) is 1. The molecule has 1 N–H and O–H groups in total. The molecular formula is C13H19N7OS. The second-order valence-corrected chi connectivity index (χ2v) is 6.10. The minimum absolute atomic E-state index is 0.0233. The van der Waals surface area contributed by atoms with E-state index in [1.54, 1.807) is 22.6 Å². The highest BCUT2D eigenvalue weighted by molar-refractivity contribution is 7.98. The van der Waals surface area contributed by atoms with Crippen molar-refractivity contribution in [2.75, 3.05) is 6.26 Å². The number of nitrogens with zero attached hydrogens (tertiary/aromatic N) is 6. The molecule has 1 amide bonds. The lowest BCUT2D eigenvalue weighted by atomic mass is 10.0. The maximum atomic E-state index is 12.5. The summed E-state index contributed by atoms with van der Waals surface area (Å²) < 4.78 is 3.73. The second kappa shape index (κ2) is 6.47. The molecule has 0 aliphatic carbocycles. The molecule has 0 saturated heterocycles. The summed E-state index contributed by atoms with van der Waals surface area (Å²) in [7, 11) is 1.95. The van der Waals surface area contributed by atoms with Crippen molar-refractivity contribution in [2.45, 2.75) is 43.4 Å². The second-order valence-electron chi connectivity index (χ2n) is 5.32. The molecule has 1 aliphatic heterocycles. The van der Waals surface area contributed by atoms with Crippen molar-refractivity contribution in [3.63, 3.8) is 0 Å². The standard InChI is InChI=1S/C13H19N7OS/c1-19-9(8-15-13(19)22-2)7-14-12(21)10-5-3-4-6-20-11(10)16-17-18-20/h8,10H,3-7H2,1-2H3,(H,14,21)/t10-/m0/s1. The monoisotopic (exact) mass is 321 g/mol. The summed E-state index contributed by atoms with van der Waals surface area (Å²) in [6.45, 7) is 1.24. The van der Waals surface area contributed by atoms with Gasteiger partial charge in [-0.25, -0.2) is 9.67 Å². The zero-order valence-corrected chi connectivity index (χ0v) is 13.5. The van der Waals surface area contributed by atoms with E-state index in [0.29, 0.717) is 12.4 Å². The smallest absolute Gasteiger partial charge is 0.231 e. The summed E-state index contributed by atoms with van der Waals surface area (Å²) in [5.74, 6) is 0.375. The molecule has 22 heavy (non-hydrogen) atoms. The van der Waals surface area contributed by atoms with E-state index in [2.05, 4.69) is 25.8 Å². The van der Waals surface area contributed by atoms with Gasteiger partial charge in [0.2, 0.25) is 5.91 Å². The van der Waals surface area contributed by atoms with Crippen molar-refractivity contribution in [1.82, 2.24) is 35.1 Å². The molecule has 0 bridgehead atoms. The van der Waals surface area contributed by atoms with Crippen LogP contribution in [0, 0.1) is 0 Å². The van der Waals surface area contributed by atoms with Crippen LogP contribution in [0.5, 0.6) is 0 Å².